The zero-order chi connectivity index (χ0) is 12.7. The Morgan fingerprint density at radius 2 is 1.88 bits per heavy atom. The van der Waals surface area contributed by atoms with Gasteiger partial charge in [-0.05, 0) is 38.7 Å². The van der Waals surface area contributed by atoms with Gasteiger partial charge in [0.2, 0.25) is 0 Å². The van der Waals surface area contributed by atoms with E-state index < -0.39 is 0 Å². The van der Waals surface area contributed by atoms with Gasteiger partial charge in [-0.3, -0.25) is 0 Å². The molecule has 1 atom stereocenters. The molecule has 0 heterocycles. The maximum atomic E-state index is 9.54. The van der Waals surface area contributed by atoms with Crippen molar-refractivity contribution in [1.82, 2.24) is 5.32 Å². The Kier molecular flexibility index (Phi) is 5.66. The fourth-order valence-electron chi connectivity index (χ4n) is 1.73. The third kappa shape index (κ3) is 5.85. The highest BCUT2D eigenvalue weighted by Gasteiger charge is 2.17. The second-order valence-electron chi connectivity index (χ2n) is 5.31. The summed E-state index contributed by atoms with van der Waals surface area (Å²) in [6.07, 6.45) is 2.73. The lowest BCUT2D eigenvalue weighted by Crippen LogP contribution is -2.43. The van der Waals surface area contributed by atoms with Crippen LogP contribution in [-0.2, 0) is 6.42 Å². The van der Waals surface area contributed by atoms with E-state index in [9.17, 15) is 5.11 Å². The van der Waals surface area contributed by atoms with Gasteiger partial charge in [0.15, 0.2) is 0 Å². The van der Waals surface area contributed by atoms with Crippen molar-refractivity contribution in [3.63, 3.8) is 0 Å². The number of aliphatic hydroxyl groups is 1. The van der Waals surface area contributed by atoms with Gasteiger partial charge in [-0.15, -0.1) is 0 Å². The van der Waals surface area contributed by atoms with Gasteiger partial charge in [-0.25, -0.2) is 0 Å². The van der Waals surface area contributed by atoms with Crippen molar-refractivity contribution in [3.8, 4) is 0 Å². The van der Waals surface area contributed by atoms with Gasteiger partial charge >= 0.3 is 0 Å². The third-order valence-corrected chi connectivity index (χ3v) is 3.17. The quantitative estimate of drug-likeness (QED) is 0.761. The molecule has 17 heavy (non-hydrogen) atoms. The summed E-state index contributed by atoms with van der Waals surface area (Å²) in [7, 11) is 0. The molecule has 1 unspecified atom stereocenters. The molecule has 0 aromatic heterocycles. The second-order valence-corrected chi connectivity index (χ2v) is 5.31. The topological polar surface area (TPSA) is 32.3 Å². The van der Waals surface area contributed by atoms with Crippen molar-refractivity contribution in [2.24, 2.45) is 0 Å². The van der Waals surface area contributed by atoms with Crippen molar-refractivity contribution in [3.05, 3.63) is 35.9 Å². The summed E-state index contributed by atoms with van der Waals surface area (Å²) in [6.45, 7) is 7.07. The van der Waals surface area contributed by atoms with Gasteiger partial charge in [0, 0.05) is 12.1 Å². The monoisotopic (exact) mass is 235 g/mol. The van der Waals surface area contributed by atoms with E-state index >= 15 is 0 Å². The maximum absolute atomic E-state index is 9.54. The van der Waals surface area contributed by atoms with E-state index in [0.717, 1.165) is 19.3 Å². The molecule has 0 radical (unpaired) electrons. The van der Waals surface area contributed by atoms with Crippen LogP contribution >= 0.6 is 0 Å². The van der Waals surface area contributed by atoms with Crippen molar-refractivity contribution < 1.29 is 5.11 Å². The molecule has 1 aromatic rings. The van der Waals surface area contributed by atoms with Gasteiger partial charge in [0.1, 0.15) is 0 Å². The first kappa shape index (κ1) is 14.2. The van der Waals surface area contributed by atoms with Crippen LogP contribution in [0.2, 0.25) is 0 Å². The van der Waals surface area contributed by atoms with Gasteiger partial charge in [0.25, 0.3) is 0 Å². The SMILES string of the molecule is CCC(O)CNC(C)(C)CCc1ccccc1. The number of aliphatic hydroxyl groups excluding tert-OH is 1. The first-order chi connectivity index (χ1) is 8.03. The molecule has 0 saturated heterocycles. The molecule has 0 aliphatic carbocycles. The Bertz CT molecular complexity index is 308. The maximum Gasteiger partial charge on any atom is 0.0662 e. The molecule has 2 heteroatoms. The largest absolute Gasteiger partial charge is 0.392 e. The van der Waals surface area contributed by atoms with Gasteiger partial charge in [-0.2, -0.15) is 0 Å². The molecular formula is C15H25NO. The molecule has 2 N–H and O–H groups in total. The molecule has 0 amide bonds. The molecule has 0 spiro atoms. The minimum atomic E-state index is -0.231. The number of hydrogen-bond donors (Lipinski definition) is 2. The predicted octanol–water partition coefficient (Wildman–Crippen LogP) is 2.76. The Morgan fingerprint density at radius 1 is 1.24 bits per heavy atom. The molecule has 0 bridgehead atoms. The van der Waals surface area contributed by atoms with Crippen molar-refractivity contribution in [2.45, 2.75) is 51.7 Å². The van der Waals surface area contributed by atoms with E-state index in [2.05, 4.69) is 43.4 Å². The number of nitrogens with one attached hydrogen (secondary N) is 1. The summed E-state index contributed by atoms with van der Waals surface area (Å²) in [6, 6.07) is 10.5. The lowest BCUT2D eigenvalue weighted by atomic mass is 9.95. The van der Waals surface area contributed by atoms with Crippen LogP contribution < -0.4 is 5.32 Å². The minimum absolute atomic E-state index is 0.0754. The van der Waals surface area contributed by atoms with E-state index in [-0.39, 0.29) is 11.6 Å². The Balaban J connectivity index is 2.34. The van der Waals surface area contributed by atoms with Crippen LogP contribution in [0.25, 0.3) is 0 Å². The van der Waals surface area contributed by atoms with Crippen LogP contribution in [0, 0.1) is 0 Å². The van der Waals surface area contributed by atoms with Crippen molar-refractivity contribution >= 4 is 0 Å². The van der Waals surface area contributed by atoms with E-state index in [1.807, 2.05) is 13.0 Å². The van der Waals surface area contributed by atoms with Gasteiger partial charge < -0.3 is 10.4 Å². The molecule has 96 valence electrons. The molecule has 0 fully saturated rings. The molecule has 2 nitrogen and oxygen atoms in total. The summed E-state index contributed by atoms with van der Waals surface area (Å²) < 4.78 is 0. The van der Waals surface area contributed by atoms with Crippen LogP contribution in [0.3, 0.4) is 0 Å². The van der Waals surface area contributed by atoms with Crippen LogP contribution in [0.4, 0.5) is 0 Å². The summed E-state index contributed by atoms with van der Waals surface area (Å²) >= 11 is 0. The highest BCUT2D eigenvalue weighted by Crippen LogP contribution is 2.13. The average molecular weight is 235 g/mol. The summed E-state index contributed by atoms with van der Waals surface area (Å²) in [5.41, 5.74) is 1.45. The second kappa shape index (κ2) is 6.77. The highest BCUT2D eigenvalue weighted by atomic mass is 16.3. The summed E-state index contributed by atoms with van der Waals surface area (Å²) in [4.78, 5) is 0. The van der Waals surface area contributed by atoms with Crippen molar-refractivity contribution in [2.75, 3.05) is 6.54 Å². The Morgan fingerprint density at radius 3 is 2.47 bits per heavy atom. The molecule has 0 saturated carbocycles. The first-order valence-electron chi connectivity index (χ1n) is 6.50. The average Bonchev–Trinajstić information content (AvgIpc) is 2.35. The Hall–Kier alpha value is -0.860. The number of hydrogen-bond acceptors (Lipinski definition) is 2. The Labute approximate surface area is 105 Å². The van der Waals surface area contributed by atoms with E-state index in [0.29, 0.717) is 6.54 Å². The number of rotatable bonds is 7. The molecular weight excluding hydrogens is 210 g/mol. The fraction of sp³-hybridized carbons (Fsp3) is 0.600. The van der Waals surface area contributed by atoms with Gasteiger partial charge in [0.05, 0.1) is 6.10 Å². The van der Waals surface area contributed by atoms with Crippen LogP contribution in [-0.4, -0.2) is 23.3 Å². The lowest BCUT2D eigenvalue weighted by molar-refractivity contribution is 0.153. The normalized spacial score (nSPS) is 13.6. The van der Waals surface area contributed by atoms with Gasteiger partial charge in [-0.1, -0.05) is 37.3 Å². The standard InChI is InChI=1S/C15H25NO/c1-4-14(17)12-16-15(2,3)11-10-13-8-6-5-7-9-13/h5-9,14,16-17H,4,10-12H2,1-3H3. The van der Waals surface area contributed by atoms with Crippen LogP contribution in [0.15, 0.2) is 30.3 Å². The number of benzene rings is 1. The zero-order valence-electron chi connectivity index (χ0n) is 11.2. The van der Waals surface area contributed by atoms with Crippen LogP contribution in [0.1, 0.15) is 39.2 Å². The van der Waals surface area contributed by atoms with E-state index in [1.165, 1.54) is 5.56 Å². The van der Waals surface area contributed by atoms with E-state index in [1.54, 1.807) is 0 Å². The number of aryl methyl sites for hydroxylation is 1. The number of β-amino-alcohol motifs (C(OH)–C–C–N with tert-alkyl or cyclic N) is 1. The van der Waals surface area contributed by atoms with Crippen LogP contribution in [0.5, 0.6) is 0 Å². The minimum Gasteiger partial charge on any atom is -0.392 e. The summed E-state index contributed by atoms with van der Waals surface area (Å²) in [5.74, 6) is 0. The highest BCUT2D eigenvalue weighted by molar-refractivity contribution is 5.15. The molecule has 1 aromatic carbocycles. The van der Waals surface area contributed by atoms with E-state index in [4.69, 9.17) is 0 Å². The zero-order valence-corrected chi connectivity index (χ0v) is 11.2. The predicted molar refractivity (Wildman–Crippen MR) is 73.1 cm³/mol. The molecule has 0 aliphatic heterocycles. The fourth-order valence-corrected chi connectivity index (χ4v) is 1.73. The first-order valence-corrected chi connectivity index (χ1v) is 6.50. The van der Waals surface area contributed by atoms with Crippen molar-refractivity contribution in [1.29, 1.82) is 0 Å². The molecule has 0 aliphatic rings. The smallest absolute Gasteiger partial charge is 0.0662 e. The third-order valence-electron chi connectivity index (χ3n) is 3.17. The lowest BCUT2D eigenvalue weighted by Gasteiger charge is -2.27. The molecule has 1 rings (SSSR count). The summed E-state index contributed by atoms with van der Waals surface area (Å²) in [5, 5.41) is 13.0.